The van der Waals surface area contributed by atoms with E-state index in [-0.39, 0.29) is 0 Å². The Morgan fingerprint density at radius 2 is 1.86 bits per heavy atom. The van der Waals surface area contributed by atoms with Gasteiger partial charge in [0.05, 0.1) is 11.4 Å². The number of benzene rings is 1. The predicted octanol–water partition coefficient (Wildman–Crippen LogP) is 4.98. The number of ether oxygens (including phenoxy) is 1. The lowest BCUT2D eigenvalue weighted by Gasteiger charge is -2.40. The Hall–Kier alpha value is -2.40. The van der Waals surface area contributed by atoms with E-state index in [1.165, 1.54) is 55.3 Å². The van der Waals surface area contributed by atoms with Crippen LogP contribution in [0.2, 0.25) is 0 Å². The van der Waals surface area contributed by atoms with Crippen LogP contribution in [0.4, 0.5) is 5.82 Å². The zero-order chi connectivity index (χ0) is 19.2. The lowest BCUT2D eigenvalue weighted by atomic mass is 9.71. The first kappa shape index (κ1) is 17.5. The van der Waals surface area contributed by atoms with Gasteiger partial charge in [-0.05, 0) is 73.5 Å². The molecule has 1 aromatic carbocycles. The highest BCUT2D eigenvalue weighted by molar-refractivity contribution is 5.88. The normalized spacial score (nSPS) is 25.1. The van der Waals surface area contributed by atoms with Crippen LogP contribution >= 0.6 is 0 Å². The van der Waals surface area contributed by atoms with Gasteiger partial charge in [-0.1, -0.05) is 24.3 Å². The fourth-order valence-corrected chi connectivity index (χ4v) is 5.46. The van der Waals surface area contributed by atoms with Crippen LogP contribution in [0.5, 0.6) is 0 Å². The number of hydrogen-bond acceptors (Lipinski definition) is 4. The molecule has 0 radical (unpaired) electrons. The standard InChI is InChI=1S/C24H28N4O/c1-2-4-18-15(3-1)7-8-19(16-9-11-29-12-10-16)22(18)28-24-20-13-21(17-5-6-17)27-23(20)25-14-26-24/h1-4,13-14,16-17,19,22H,5-12H2,(H2,25,26,27,28)/t19?,22-/m1/s1. The number of rotatable bonds is 4. The molecule has 1 saturated carbocycles. The van der Waals surface area contributed by atoms with Crippen molar-refractivity contribution in [3.05, 3.63) is 53.5 Å². The molecule has 2 aromatic heterocycles. The van der Waals surface area contributed by atoms with Crippen LogP contribution in [0, 0.1) is 11.8 Å². The van der Waals surface area contributed by atoms with Gasteiger partial charge in [-0.25, -0.2) is 9.97 Å². The van der Waals surface area contributed by atoms with E-state index in [1.807, 2.05) is 0 Å². The Labute approximate surface area is 171 Å². The van der Waals surface area contributed by atoms with Gasteiger partial charge < -0.3 is 15.0 Å². The van der Waals surface area contributed by atoms with Crippen LogP contribution in [0.25, 0.3) is 11.0 Å². The average Bonchev–Trinajstić information content (AvgIpc) is 3.53. The van der Waals surface area contributed by atoms with Crippen LogP contribution in [0.3, 0.4) is 0 Å². The third-order valence-corrected chi connectivity index (χ3v) is 7.19. The summed E-state index contributed by atoms with van der Waals surface area (Å²) < 4.78 is 5.66. The molecular formula is C24H28N4O. The second-order valence-corrected chi connectivity index (χ2v) is 8.96. The molecule has 2 N–H and O–H groups in total. The first-order valence-corrected chi connectivity index (χ1v) is 11.1. The summed E-state index contributed by atoms with van der Waals surface area (Å²) in [4.78, 5) is 12.7. The predicted molar refractivity (Wildman–Crippen MR) is 114 cm³/mol. The smallest absolute Gasteiger partial charge is 0.143 e. The van der Waals surface area contributed by atoms with Crippen molar-refractivity contribution in [3.63, 3.8) is 0 Å². The number of hydrogen-bond donors (Lipinski definition) is 2. The lowest BCUT2D eigenvalue weighted by Crippen LogP contribution is -2.35. The fourth-order valence-electron chi connectivity index (χ4n) is 5.46. The molecule has 3 aromatic rings. The number of aromatic amines is 1. The Kier molecular flexibility index (Phi) is 4.29. The minimum absolute atomic E-state index is 0.292. The van der Waals surface area contributed by atoms with Crippen molar-refractivity contribution in [1.29, 1.82) is 0 Å². The molecule has 5 heteroatoms. The average molecular weight is 389 g/mol. The van der Waals surface area contributed by atoms with E-state index in [2.05, 4.69) is 50.6 Å². The third kappa shape index (κ3) is 3.21. The molecule has 5 nitrogen and oxygen atoms in total. The SMILES string of the molecule is c1ccc2c(c1)CCC(C1CCOCC1)[C@@H]2Nc1ncnc2[nH]c(C3CC3)cc12. The van der Waals surface area contributed by atoms with Crippen LogP contribution < -0.4 is 5.32 Å². The number of aryl methyl sites for hydroxylation is 1. The van der Waals surface area contributed by atoms with Crippen LogP contribution in [-0.2, 0) is 11.2 Å². The maximum absolute atomic E-state index is 5.66. The Morgan fingerprint density at radius 3 is 2.72 bits per heavy atom. The monoisotopic (exact) mass is 388 g/mol. The van der Waals surface area contributed by atoms with Gasteiger partial charge in [-0.15, -0.1) is 0 Å². The molecule has 150 valence electrons. The van der Waals surface area contributed by atoms with E-state index in [1.54, 1.807) is 6.33 Å². The number of nitrogens with one attached hydrogen (secondary N) is 2. The second kappa shape index (κ2) is 7.13. The summed E-state index contributed by atoms with van der Waals surface area (Å²) in [5.74, 6) is 2.97. The minimum Gasteiger partial charge on any atom is -0.381 e. The summed E-state index contributed by atoms with van der Waals surface area (Å²) in [6, 6.07) is 11.5. The van der Waals surface area contributed by atoms with E-state index >= 15 is 0 Å². The van der Waals surface area contributed by atoms with Crippen molar-refractivity contribution in [2.24, 2.45) is 11.8 Å². The molecule has 3 aliphatic rings. The first-order valence-electron chi connectivity index (χ1n) is 11.1. The maximum Gasteiger partial charge on any atom is 0.143 e. The molecular weight excluding hydrogens is 360 g/mol. The topological polar surface area (TPSA) is 62.8 Å². The van der Waals surface area contributed by atoms with E-state index in [4.69, 9.17) is 4.74 Å². The van der Waals surface area contributed by atoms with Crippen molar-refractivity contribution in [2.75, 3.05) is 18.5 Å². The van der Waals surface area contributed by atoms with Crippen molar-refractivity contribution in [3.8, 4) is 0 Å². The largest absolute Gasteiger partial charge is 0.381 e. The third-order valence-electron chi connectivity index (χ3n) is 7.19. The molecule has 3 heterocycles. The van der Waals surface area contributed by atoms with Crippen molar-refractivity contribution < 1.29 is 4.74 Å². The van der Waals surface area contributed by atoms with Gasteiger partial charge in [0.2, 0.25) is 0 Å². The Morgan fingerprint density at radius 1 is 1.00 bits per heavy atom. The van der Waals surface area contributed by atoms with E-state index in [9.17, 15) is 0 Å². The van der Waals surface area contributed by atoms with Crippen LogP contribution in [0.1, 0.15) is 60.9 Å². The number of aromatic nitrogens is 3. The number of nitrogens with zero attached hydrogens (tertiary/aromatic N) is 2. The summed E-state index contributed by atoms with van der Waals surface area (Å²) in [6.07, 6.45) is 8.99. The quantitative estimate of drug-likeness (QED) is 0.662. The van der Waals surface area contributed by atoms with Crippen molar-refractivity contribution >= 4 is 16.9 Å². The summed E-state index contributed by atoms with van der Waals surface area (Å²) in [6.45, 7) is 1.80. The van der Waals surface area contributed by atoms with Gasteiger partial charge >= 0.3 is 0 Å². The molecule has 2 atom stereocenters. The number of anilines is 1. The zero-order valence-corrected chi connectivity index (χ0v) is 16.7. The molecule has 2 fully saturated rings. The molecule has 2 aliphatic carbocycles. The molecule has 6 rings (SSSR count). The molecule has 1 unspecified atom stereocenters. The summed E-state index contributed by atoms with van der Waals surface area (Å²) in [5.41, 5.74) is 5.19. The maximum atomic E-state index is 5.66. The highest BCUT2D eigenvalue weighted by Gasteiger charge is 2.36. The van der Waals surface area contributed by atoms with Crippen molar-refractivity contribution in [2.45, 2.75) is 50.5 Å². The minimum atomic E-state index is 0.292. The van der Waals surface area contributed by atoms with E-state index in [0.29, 0.717) is 23.8 Å². The van der Waals surface area contributed by atoms with Gasteiger partial charge in [0.25, 0.3) is 0 Å². The lowest BCUT2D eigenvalue weighted by molar-refractivity contribution is 0.0397. The van der Waals surface area contributed by atoms with Crippen molar-refractivity contribution in [1.82, 2.24) is 15.0 Å². The molecule has 1 saturated heterocycles. The summed E-state index contributed by atoms with van der Waals surface area (Å²) in [7, 11) is 0. The van der Waals surface area contributed by atoms with E-state index in [0.717, 1.165) is 30.1 Å². The van der Waals surface area contributed by atoms with E-state index < -0.39 is 0 Å². The summed E-state index contributed by atoms with van der Waals surface area (Å²) >= 11 is 0. The second-order valence-electron chi connectivity index (χ2n) is 8.96. The van der Waals surface area contributed by atoms with Crippen LogP contribution in [-0.4, -0.2) is 28.2 Å². The van der Waals surface area contributed by atoms with Gasteiger partial charge in [0.1, 0.15) is 17.8 Å². The number of fused-ring (bicyclic) bond motifs is 2. The van der Waals surface area contributed by atoms with Crippen LogP contribution in [0.15, 0.2) is 36.7 Å². The number of H-pyrrole nitrogens is 1. The highest BCUT2D eigenvalue weighted by atomic mass is 16.5. The fraction of sp³-hybridized carbons (Fsp3) is 0.500. The summed E-state index contributed by atoms with van der Waals surface area (Å²) in [5, 5.41) is 5.02. The van der Waals surface area contributed by atoms with Gasteiger partial charge in [-0.2, -0.15) is 0 Å². The Balaban J connectivity index is 1.38. The zero-order valence-electron chi connectivity index (χ0n) is 16.7. The molecule has 29 heavy (non-hydrogen) atoms. The molecule has 1 aliphatic heterocycles. The van der Waals surface area contributed by atoms with Gasteiger partial charge in [0, 0.05) is 18.9 Å². The molecule has 0 amide bonds. The Bertz CT molecular complexity index is 1020. The molecule has 0 spiro atoms. The highest BCUT2D eigenvalue weighted by Crippen LogP contribution is 2.45. The van der Waals surface area contributed by atoms with Gasteiger partial charge in [-0.3, -0.25) is 0 Å². The van der Waals surface area contributed by atoms with Gasteiger partial charge in [0.15, 0.2) is 0 Å². The molecule has 0 bridgehead atoms. The first-order chi connectivity index (χ1) is 14.4.